The van der Waals surface area contributed by atoms with Gasteiger partial charge in [-0.1, -0.05) is 170 Å². The van der Waals surface area contributed by atoms with Gasteiger partial charge in [-0.2, -0.15) is 0 Å². The summed E-state index contributed by atoms with van der Waals surface area (Å²) in [6, 6.07) is 49.0. The van der Waals surface area contributed by atoms with Crippen LogP contribution < -0.4 is 21.3 Å². The van der Waals surface area contributed by atoms with E-state index in [1.807, 2.05) is 60.7 Å². The highest BCUT2D eigenvalue weighted by Crippen LogP contribution is 2.34. The summed E-state index contributed by atoms with van der Waals surface area (Å²) in [5.41, 5.74) is 3.39. The van der Waals surface area contributed by atoms with E-state index in [9.17, 15) is 33.6 Å². The van der Waals surface area contributed by atoms with Crippen LogP contribution in [-0.2, 0) is 83.3 Å². The average molecular weight is 1280 g/mol. The van der Waals surface area contributed by atoms with Gasteiger partial charge in [0.05, 0.1) is 54.0 Å². The molecule has 3 saturated heterocycles. The number of carbonyl (C=O) groups is 7. The van der Waals surface area contributed by atoms with E-state index in [-0.39, 0.29) is 63.4 Å². The molecule has 5 amide bonds. The lowest BCUT2D eigenvalue weighted by Gasteiger charge is -2.45. The maximum Gasteiger partial charge on any atom is 0.410 e. The Morgan fingerprint density at radius 3 is 1.44 bits per heavy atom. The fourth-order valence-corrected chi connectivity index (χ4v) is 10.9. The first-order valence-electron chi connectivity index (χ1n) is 30.5. The van der Waals surface area contributed by atoms with Crippen molar-refractivity contribution in [1.82, 2.24) is 26.2 Å². The van der Waals surface area contributed by atoms with Crippen molar-refractivity contribution in [3.8, 4) is 0 Å². The van der Waals surface area contributed by atoms with Crippen LogP contribution in [-0.4, -0.2) is 147 Å². The van der Waals surface area contributed by atoms with Crippen LogP contribution in [0.25, 0.3) is 0 Å². The Labute approximate surface area is 536 Å². The van der Waals surface area contributed by atoms with Crippen LogP contribution >= 0.6 is 0 Å². The highest BCUT2D eigenvalue weighted by molar-refractivity contribution is 5.90. The molecule has 4 N–H and O–H groups in total. The van der Waals surface area contributed by atoms with Crippen molar-refractivity contribution in [2.45, 2.75) is 132 Å². The molecular weight excluding hydrogens is 1200 g/mol. The van der Waals surface area contributed by atoms with Crippen LogP contribution in [0.2, 0.25) is 0 Å². The van der Waals surface area contributed by atoms with Crippen LogP contribution in [0, 0.1) is 0 Å². The number of benzene rings is 6. The third-order valence-electron chi connectivity index (χ3n) is 15.5. The molecule has 13 atom stereocenters. The molecule has 6 aromatic rings. The Hall–Kier alpha value is -9.85. The van der Waals surface area contributed by atoms with Gasteiger partial charge in [-0.15, -0.1) is 0 Å². The lowest BCUT2D eigenvalue weighted by atomic mass is 9.93. The van der Waals surface area contributed by atoms with Gasteiger partial charge >= 0.3 is 42.4 Å². The topological polar surface area (TPSA) is 282 Å². The molecule has 24 heteroatoms. The van der Waals surface area contributed by atoms with E-state index >= 15 is 0 Å². The third-order valence-corrected chi connectivity index (χ3v) is 15.5. The Morgan fingerprint density at radius 1 is 0.495 bits per heavy atom. The zero-order valence-electron chi connectivity index (χ0n) is 51.0. The molecule has 0 aromatic heterocycles. The molecule has 10 rings (SSSR count). The molecule has 24 nitrogen and oxygen atoms in total. The van der Waals surface area contributed by atoms with E-state index in [2.05, 4.69) is 21.3 Å². The number of ether oxygens (including phenoxy) is 12. The number of likely N-dealkylation sites (N-methyl/N-ethyl adjacent to an activating group) is 1. The third kappa shape index (κ3) is 19.6. The Kier molecular flexibility index (Phi) is 23.4. The molecule has 3 heterocycles. The van der Waals surface area contributed by atoms with Crippen LogP contribution in [0.15, 0.2) is 194 Å². The Bertz CT molecular complexity index is 3430. The Morgan fingerprint density at radius 2 is 0.946 bits per heavy atom. The quantitative estimate of drug-likeness (QED) is 0.0190. The highest BCUT2D eigenvalue weighted by atomic mass is 16.8. The lowest BCUT2D eigenvalue weighted by molar-refractivity contribution is -0.329. The van der Waals surface area contributed by atoms with Gasteiger partial charge in [0.15, 0.2) is 25.0 Å². The standard InChI is InChI=1S/C69H73N5O19/c1-44(88-64-57(89-62(76)50-31-19-8-20-32-50)36-53(72-67(79)85-41-47-25-13-5-14-26-47)59(91-64)43-82-61(75)49-29-17-7-18-30-49)87-56-37-54(73-68(80)86-42-48-27-15-6-16-28-48)63(93-60(56)58-38-74(2)69(81)92-58)90-55-34-33-51(70-65(77)83-39-45-21-9-3-10-22-45)35-52(55)71-66(78)84-40-46-23-11-4-12-24-46/h3-34,44,51-60,63-64H,35-43H2,1-2H3,(H,70,77)(H,71,78)(H,72,79)(H,73,80)/t44?,51?,52?,53-,54-,55-,56-,57-,58?,59?,60?,63-,64-/m0/s1. The number of hydrogen-bond acceptors (Lipinski definition) is 19. The number of esters is 2. The monoisotopic (exact) mass is 1280 g/mol. The minimum Gasteiger partial charge on any atom is -0.459 e. The molecule has 93 heavy (non-hydrogen) atoms. The summed E-state index contributed by atoms with van der Waals surface area (Å²) < 4.78 is 73.9. The maximum atomic E-state index is 14.0. The largest absolute Gasteiger partial charge is 0.459 e. The number of hydrogen-bond donors (Lipinski definition) is 4. The molecule has 6 aromatic carbocycles. The molecule has 0 radical (unpaired) electrons. The van der Waals surface area contributed by atoms with Gasteiger partial charge in [-0.05, 0) is 59.9 Å². The fraction of sp³-hybridized carbons (Fsp3) is 0.348. The minimum atomic E-state index is -1.48. The van der Waals surface area contributed by atoms with Gasteiger partial charge in [0.1, 0.15) is 51.3 Å². The second kappa shape index (κ2) is 32.9. The first kappa shape index (κ1) is 66.1. The number of alkyl carbamates (subject to hydrolysis) is 4. The molecule has 1 aliphatic carbocycles. The summed E-state index contributed by atoms with van der Waals surface area (Å²) in [4.78, 5) is 96.4. The lowest BCUT2D eigenvalue weighted by Crippen LogP contribution is -2.62. The van der Waals surface area contributed by atoms with Gasteiger partial charge in [-0.25, -0.2) is 33.6 Å². The molecule has 3 aliphatic heterocycles. The van der Waals surface area contributed by atoms with E-state index < -0.39 is 129 Å². The summed E-state index contributed by atoms with van der Waals surface area (Å²) in [7, 11) is 1.55. The van der Waals surface area contributed by atoms with Gasteiger partial charge < -0.3 is 83.0 Å². The molecule has 6 unspecified atom stereocenters. The zero-order valence-corrected chi connectivity index (χ0v) is 51.0. The molecule has 488 valence electrons. The summed E-state index contributed by atoms with van der Waals surface area (Å²) in [6.07, 6.45) is -11.7. The van der Waals surface area contributed by atoms with Crippen molar-refractivity contribution in [3.05, 3.63) is 228 Å². The second-order valence-corrected chi connectivity index (χ2v) is 22.4. The second-order valence-electron chi connectivity index (χ2n) is 22.4. The predicted octanol–water partition coefficient (Wildman–Crippen LogP) is 9.02. The van der Waals surface area contributed by atoms with Gasteiger partial charge in [0.25, 0.3) is 0 Å². The molecule has 4 aliphatic rings. The van der Waals surface area contributed by atoms with Gasteiger partial charge in [0, 0.05) is 19.9 Å². The number of amides is 5. The van der Waals surface area contributed by atoms with Crippen LogP contribution in [0.4, 0.5) is 24.0 Å². The summed E-state index contributed by atoms with van der Waals surface area (Å²) in [6.45, 7) is 0.914. The minimum absolute atomic E-state index is 0.00775. The van der Waals surface area contributed by atoms with Gasteiger partial charge in [0.2, 0.25) is 0 Å². The van der Waals surface area contributed by atoms with E-state index in [4.69, 9.17) is 56.8 Å². The average Bonchev–Trinajstić information content (AvgIpc) is 1.55. The zero-order chi connectivity index (χ0) is 64.9. The van der Waals surface area contributed by atoms with Crippen molar-refractivity contribution in [2.24, 2.45) is 0 Å². The fourth-order valence-electron chi connectivity index (χ4n) is 10.9. The Balaban J connectivity index is 0.912. The van der Waals surface area contributed by atoms with Crippen LogP contribution in [0.5, 0.6) is 0 Å². The van der Waals surface area contributed by atoms with Crippen LogP contribution in [0.1, 0.15) is 69.2 Å². The number of rotatable bonds is 24. The molecule has 0 spiro atoms. The first-order chi connectivity index (χ1) is 45.2. The number of cyclic esters (lactones) is 1. The number of carbonyl (C=O) groups excluding carboxylic acids is 7. The molecule has 0 saturated carbocycles. The molecule has 3 fully saturated rings. The number of nitrogens with one attached hydrogen (secondary N) is 4. The van der Waals surface area contributed by atoms with E-state index in [0.29, 0.717) is 5.56 Å². The first-order valence-corrected chi connectivity index (χ1v) is 30.5. The van der Waals surface area contributed by atoms with Crippen molar-refractivity contribution in [3.63, 3.8) is 0 Å². The van der Waals surface area contributed by atoms with E-state index in [1.54, 1.807) is 147 Å². The smallest absolute Gasteiger partial charge is 0.410 e. The summed E-state index contributed by atoms with van der Waals surface area (Å²) >= 11 is 0. The van der Waals surface area contributed by atoms with E-state index in [1.165, 1.54) is 4.90 Å². The van der Waals surface area contributed by atoms with Crippen molar-refractivity contribution >= 4 is 42.4 Å². The van der Waals surface area contributed by atoms with Crippen molar-refractivity contribution in [1.29, 1.82) is 0 Å². The maximum absolute atomic E-state index is 14.0. The van der Waals surface area contributed by atoms with Gasteiger partial charge in [-0.3, -0.25) is 0 Å². The summed E-state index contributed by atoms with van der Waals surface area (Å²) in [5.74, 6) is -1.43. The van der Waals surface area contributed by atoms with E-state index in [0.717, 1.165) is 16.7 Å². The molecule has 0 bridgehead atoms. The van der Waals surface area contributed by atoms with Crippen LogP contribution in [0.3, 0.4) is 0 Å². The van der Waals surface area contributed by atoms with Crippen molar-refractivity contribution < 1.29 is 90.4 Å². The normalized spacial score (nSPS) is 24.4. The SMILES string of the molecule is CC(O[C@H]1OC(COC(=O)c2ccccc2)[C@@H](NC(=O)OCc2ccccc2)C[C@@H]1OC(=O)c1ccccc1)O[C@H]1C[C@H](NC(=O)OCc2ccccc2)[C@@H](O[C@H]2C=CC(NC(=O)OCc3ccccc3)CC2NC(=O)OCc2ccccc2)OC1C1CN(C)C(=O)O1. The number of nitrogens with zero attached hydrogens (tertiary/aromatic N) is 1. The summed E-state index contributed by atoms with van der Waals surface area (Å²) in [5, 5.41) is 11.5. The molecular formula is C69H73N5O19. The highest BCUT2D eigenvalue weighted by Gasteiger charge is 2.51. The predicted molar refractivity (Wildman–Crippen MR) is 330 cm³/mol. The van der Waals surface area contributed by atoms with Crippen molar-refractivity contribution in [2.75, 3.05) is 20.2 Å².